The van der Waals surface area contributed by atoms with Gasteiger partial charge in [0.05, 0.1) is 13.2 Å². The lowest BCUT2D eigenvalue weighted by Gasteiger charge is -2.24. The lowest BCUT2D eigenvalue weighted by atomic mass is 9.96. The van der Waals surface area contributed by atoms with E-state index in [1.807, 2.05) is 37.3 Å². The molecular weight excluding hydrogens is 342 g/mol. The highest BCUT2D eigenvalue weighted by molar-refractivity contribution is 5.79. The second-order valence-electron chi connectivity index (χ2n) is 6.81. The molecular formula is C21H27N3O3. The van der Waals surface area contributed by atoms with Crippen molar-refractivity contribution in [3.05, 3.63) is 53.9 Å². The van der Waals surface area contributed by atoms with Gasteiger partial charge >= 0.3 is 0 Å². The Hall–Kier alpha value is -2.60. The molecule has 6 heteroatoms. The minimum absolute atomic E-state index is 0.0875. The summed E-state index contributed by atoms with van der Waals surface area (Å²) in [6.45, 7) is 4.25. The summed E-state index contributed by atoms with van der Waals surface area (Å²) in [4.78, 5) is 16.5. The molecule has 1 unspecified atom stereocenters. The number of methoxy groups -OCH3 is 1. The second-order valence-corrected chi connectivity index (χ2v) is 6.81. The Kier molecular flexibility index (Phi) is 6.65. The summed E-state index contributed by atoms with van der Waals surface area (Å²) in [5.41, 5.74) is 2.03. The third-order valence-corrected chi connectivity index (χ3v) is 4.90. The third kappa shape index (κ3) is 5.20. The van der Waals surface area contributed by atoms with Crippen molar-refractivity contribution in [3.63, 3.8) is 0 Å². The Morgan fingerprint density at radius 3 is 2.67 bits per heavy atom. The summed E-state index contributed by atoms with van der Waals surface area (Å²) in [5.74, 6) is 1.55. The number of ether oxygens (including phenoxy) is 2. The maximum absolute atomic E-state index is 12.5. The summed E-state index contributed by atoms with van der Waals surface area (Å²) >= 11 is 0. The number of benzene rings is 1. The van der Waals surface area contributed by atoms with Crippen LogP contribution in [0.4, 0.5) is 0 Å². The zero-order chi connectivity index (χ0) is 19.1. The molecule has 2 N–H and O–H groups in total. The van der Waals surface area contributed by atoms with Gasteiger partial charge in [0, 0.05) is 18.3 Å². The fourth-order valence-electron chi connectivity index (χ4n) is 3.21. The van der Waals surface area contributed by atoms with Gasteiger partial charge < -0.3 is 20.1 Å². The smallest absolute Gasteiger partial charge is 0.223 e. The molecule has 0 aliphatic carbocycles. The van der Waals surface area contributed by atoms with Crippen molar-refractivity contribution < 1.29 is 14.3 Å². The molecule has 0 saturated carbocycles. The van der Waals surface area contributed by atoms with Crippen molar-refractivity contribution in [2.24, 2.45) is 5.92 Å². The van der Waals surface area contributed by atoms with Gasteiger partial charge in [-0.2, -0.15) is 0 Å². The van der Waals surface area contributed by atoms with Gasteiger partial charge in [-0.25, -0.2) is 0 Å². The van der Waals surface area contributed by atoms with Gasteiger partial charge in [-0.1, -0.05) is 6.07 Å². The third-order valence-electron chi connectivity index (χ3n) is 4.90. The van der Waals surface area contributed by atoms with E-state index in [4.69, 9.17) is 9.47 Å². The van der Waals surface area contributed by atoms with Crippen LogP contribution in [0.5, 0.6) is 11.5 Å². The van der Waals surface area contributed by atoms with Gasteiger partial charge in [-0.3, -0.25) is 9.78 Å². The van der Waals surface area contributed by atoms with Crippen LogP contribution in [0.1, 0.15) is 36.9 Å². The molecule has 1 aromatic heterocycles. The van der Waals surface area contributed by atoms with E-state index in [0.717, 1.165) is 37.1 Å². The Bertz CT molecular complexity index is 746. The first-order valence-corrected chi connectivity index (χ1v) is 9.38. The zero-order valence-corrected chi connectivity index (χ0v) is 15.9. The average Bonchev–Trinajstić information content (AvgIpc) is 2.73. The Labute approximate surface area is 160 Å². The molecule has 27 heavy (non-hydrogen) atoms. The fraction of sp³-hybridized carbons (Fsp3) is 0.429. The zero-order valence-electron chi connectivity index (χ0n) is 15.9. The molecule has 1 fully saturated rings. The minimum Gasteiger partial charge on any atom is -0.493 e. The number of carbonyl (C=O) groups excluding carboxylic acids is 1. The van der Waals surface area contributed by atoms with E-state index < -0.39 is 0 Å². The lowest BCUT2D eigenvalue weighted by molar-refractivity contribution is -0.126. The van der Waals surface area contributed by atoms with E-state index in [-0.39, 0.29) is 17.9 Å². The molecule has 0 spiro atoms. The first-order valence-electron chi connectivity index (χ1n) is 9.38. The van der Waals surface area contributed by atoms with Gasteiger partial charge in [-0.05, 0) is 68.2 Å². The number of nitrogens with zero attached hydrogens (tertiary/aromatic N) is 1. The quantitative estimate of drug-likeness (QED) is 0.785. The number of hydrogen-bond acceptors (Lipinski definition) is 5. The second kappa shape index (κ2) is 9.37. The highest BCUT2D eigenvalue weighted by Crippen LogP contribution is 2.31. The molecule has 0 radical (unpaired) electrons. The van der Waals surface area contributed by atoms with Crippen LogP contribution >= 0.6 is 0 Å². The summed E-state index contributed by atoms with van der Waals surface area (Å²) in [7, 11) is 1.62. The first-order chi connectivity index (χ1) is 13.2. The highest BCUT2D eigenvalue weighted by Gasteiger charge is 2.22. The maximum Gasteiger partial charge on any atom is 0.223 e. The average molecular weight is 369 g/mol. The number of aromatic nitrogens is 1. The van der Waals surface area contributed by atoms with Crippen molar-refractivity contribution >= 4 is 5.91 Å². The van der Waals surface area contributed by atoms with Crippen molar-refractivity contribution in [1.29, 1.82) is 0 Å². The van der Waals surface area contributed by atoms with Crippen LogP contribution in [0.15, 0.2) is 42.7 Å². The molecule has 2 heterocycles. The number of nitrogens with one attached hydrogen (secondary N) is 2. The van der Waals surface area contributed by atoms with Gasteiger partial charge in [0.1, 0.15) is 6.61 Å². The summed E-state index contributed by atoms with van der Waals surface area (Å²) in [6.07, 6.45) is 5.27. The van der Waals surface area contributed by atoms with Gasteiger partial charge in [-0.15, -0.1) is 0 Å². The van der Waals surface area contributed by atoms with Crippen LogP contribution in [0, 0.1) is 5.92 Å². The van der Waals surface area contributed by atoms with Gasteiger partial charge in [0.2, 0.25) is 5.91 Å². The topological polar surface area (TPSA) is 72.5 Å². The van der Waals surface area contributed by atoms with Crippen molar-refractivity contribution in [1.82, 2.24) is 15.6 Å². The van der Waals surface area contributed by atoms with Crippen LogP contribution < -0.4 is 20.1 Å². The molecule has 6 nitrogen and oxygen atoms in total. The van der Waals surface area contributed by atoms with Crippen LogP contribution in [-0.4, -0.2) is 31.1 Å². The van der Waals surface area contributed by atoms with Crippen LogP contribution in [0.25, 0.3) is 0 Å². The molecule has 144 valence electrons. The van der Waals surface area contributed by atoms with Gasteiger partial charge in [0.25, 0.3) is 0 Å². The molecule has 0 bridgehead atoms. The number of amides is 1. The van der Waals surface area contributed by atoms with Crippen molar-refractivity contribution in [3.8, 4) is 11.5 Å². The molecule has 1 atom stereocenters. The normalized spacial score (nSPS) is 15.8. The molecule has 1 saturated heterocycles. The molecule has 1 aromatic carbocycles. The summed E-state index contributed by atoms with van der Waals surface area (Å²) < 4.78 is 11.4. The molecule has 3 rings (SSSR count). The van der Waals surface area contributed by atoms with Crippen LogP contribution in [0.3, 0.4) is 0 Å². The van der Waals surface area contributed by atoms with E-state index in [1.54, 1.807) is 19.5 Å². The van der Waals surface area contributed by atoms with E-state index in [0.29, 0.717) is 18.1 Å². The van der Waals surface area contributed by atoms with Crippen molar-refractivity contribution in [2.75, 3.05) is 20.2 Å². The van der Waals surface area contributed by atoms with E-state index in [1.165, 1.54) is 0 Å². The summed E-state index contributed by atoms with van der Waals surface area (Å²) in [5, 5.41) is 6.41. The van der Waals surface area contributed by atoms with Crippen molar-refractivity contribution in [2.45, 2.75) is 32.4 Å². The number of hydrogen-bond donors (Lipinski definition) is 2. The monoisotopic (exact) mass is 369 g/mol. The van der Waals surface area contributed by atoms with Crippen LogP contribution in [-0.2, 0) is 11.4 Å². The molecule has 1 aliphatic heterocycles. The van der Waals surface area contributed by atoms with Crippen LogP contribution in [0.2, 0.25) is 0 Å². The minimum atomic E-state index is -0.0875. The lowest BCUT2D eigenvalue weighted by Crippen LogP contribution is -2.39. The SMILES string of the molecule is COc1cc(C(C)NC(=O)C2CCNCC2)ccc1OCc1ccncc1. The van der Waals surface area contributed by atoms with Gasteiger partial charge in [0.15, 0.2) is 11.5 Å². The fourth-order valence-corrected chi connectivity index (χ4v) is 3.21. The van der Waals surface area contributed by atoms with E-state index in [9.17, 15) is 4.79 Å². The highest BCUT2D eigenvalue weighted by atomic mass is 16.5. The number of carbonyl (C=O) groups is 1. The van der Waals surface area contributed by atoms with E-state index >= 15 is 0 Å². The Morgan fingerprint density at radius 2 is 1.96 bits per heavy atom. The largest absolute Gasteiger partial charge is 0.493 e. The number of rotatable bonds is 7. The standard InChI is InChI=1S/C21H27N3O3/c1-15(24-21(25)17-7-11-23-12-8-17)18-3-4-19(20(13-18)26-2)27-14-16-5-9-22-10-6-16/h3-6,9-10,13,15,17,23H,7-8,11-12,14H2,1-2H3,(H,24,25). The van der Waals surface area contributed by atoms with E-state index in [2.05, 4.69) is 15.6 Å². The first kappa shape index (κ1) is 19.2. The Balaban J connectivity index is 1.62. The number of piperidine rings is 1. The molecule has 2 aromatic rings. The predicted molar refractivity (Wildman–Crippen MR) is 104 cm³/mol. The number of pyridine rings is 1. The predicted octanol–water partition coefficient (Wildman–Crippen LogP) is 2.85. The maximum atomic E-state index is 12.5. The summed E-state index contributed by atoms with van der Waals surface area (Å²) in [6, 6.07) is 9.53. The molecule has 1 aliphatic rings. The Morgan fingerprint density at radius 1 is 1.22 bits per heavy atom. The molecule has 1 amide bonds.